The van der Waals surface area contributed by atoms with Gasteiger partial charge >= 0.3 is 0 Å². The molecule has 1 N–H and O–H groups in total. The van der Waals surface area contributed by atoms with Gasteiger partial charge in [0.15, 0.2) is 11.5 Å². The van der Waals surface area contributed by atoms with Crippen molar-refractivity contribution in [2.45, 2.75) is 32.7 Å². The van der Waals surface area contributed by atoms with Crippen LogP contribution in [-0.4, -0.2) is 20.3 Å². The van der Waals surface area contributed by atoms with Crippen molar-refractivity contribution in [1.82, 2.24) is 5.32 Å². The summed E-state index contributed by atoms with van der Waals surface area (Å²) in [7, 11) is 2.02. The number of hydrogen-bond acceptors (Lipinski definition) is 3. The molecular formula is C15H23NO2. The van der Waals surface area contributed by atoms with Crippen LogP contribution in [0.4, 0.5) is 0 Å². The minimum Gasteiger partial charge on any atom is -0.486 e. The number of rotatable bonds is 5. The Kier molecular flexibility index (Phi) is 4.48. The number of hydrogen-bond donors (Lipinski definition) is 1. The van der Waals surface area contributed by atoms with E-state index in [-0.39, 0.29) is 0 Å². The highest BCUT2D eigenvalue weighted by molar-refractivity contribution is 5.44. The molecule has 0 aliphatic carbocycles. The molecule has 0 fully saturated rings. The van der Waals surface area contributed by atoms with Crippen molar-refractivity contribution in [1.29, 1.82) is 0 Å². The van der Waals surface area contributed by atoms with Crippen molar-refractivity contribution in [2.24, 2.45) is 5.92 Å². The first kappa shape index (κ1) is 13.2. The molecule has 100 valence electrons. The van der Waals surface area contributed by atoms with E-state index in [2.05, 4.69) is 31.3 Å². The predicted molar refractivity (Wildman–Crippen MR) is 73.3 cm³/mol. The van der Waals surface area contributed by atoms with Gasteiger partial charge in [0.25, 0.3) is 0 Å². The molecule has 3 heteroatoms. The fourth-order valence-corrected chi connectivity index (χ4v) is 2.66. The van der Waals surface area contributed by atoms with Crippen LogP contribution in [-0.2, 0) is 0 Å². The molecule has 0 aromatic heterocycles. The van der Waals surface area contributed by atoms with Gasteiger partial charge in [0.1, 0.15) is 13.2 Å². The first-order valence-electron chi connectivity index (χ1n) is 6.83. The predicted octanol–water partition coefficient (Wildman–Crippen LogP) is 3.15. The Morgan fingerprint density at radius 2 is 1.94 bits per heavy atom. The molecule has 0 saturated carbocycles. The van der Waals surface area contributed by atoms with Gasteiger partial charge in [-0.15, -0.1) is 0 Å². The quantitative estimate of drug-likeness (QED) is 0.869. The first-order chi connectivity index (χ1) is 8.76. The van der Waals surface area contributed by atoms with Gasteiger partial charge in [-0.2, -0.15) is 0 Å². The Morgan fingerprint density at radius 1 is 1.22 bits per heavy atom. The summed E-state index contributed by atoms with van der Waals surface area (Å²) in [5.74, 6) is 2.35. The van der Waals surface area contributed by atoms with Crippen LogP contribution >= 0.6 is 0 Å². The summed E-state index contributed by atoms with van der Waals surface area (Å²) in [6.45, 7) is 5.81. The molecule has 0 spiro atoms. The van der Waals surface area contributed by atoms with E-state index < -0.39 is 0 Å². The second-order valence-corrected chi connectivity index (χ2v) is 4.94. The lowest BCUT2D eigenvalue weighted by molar-refractivity contribution is 0.171. The third-order valence-corrected chi connectivity index (χ3v) is 3.55. The topological polar surface area (TPSA) is 30.5 Å². The maximum absolute atomic E-state index is 5.65. The second kappa shape index (κ2) is 6.10. The third-order valence-electron chi connectivity index (χ3n) is 3.55. The highest BCUT2D eigenvalue weighted by Gasteiger charge is 2.20. The van der Waals surface area contributed by atoms with Gasteiger partial charge in [-0.05, 0) is 37.1 Å². The molecule has 2 atom stereocenters. The van der Waals surface area contributed by atoms with Gasteiger partial charge in [0.2, 0.25) is 0 Å². The van der Waals surface area contributed by atoms with E-state index in [9.17, 15) is 0 Å². The van der Waals surface area contributed by atoms with Gasteiger partial charge in [-0.25, -0.2) is 0 Å². The van der Waals surface area contributed by atoms with E-state index in [1.807, 2.05) is 13.1 Å². The molecule has 1 aromatic carbocycles. The molecule has 0 amide bonds. The van der Waals surface area contributed by atoms with Gasteiger partial charge in [-0.3, -0.25) is 0 Å². The summed E-state index contributed by atoms with van der Waals surface area (Å²) >= 11 is 0. The average molecular weight is 249 g/mol. The lowest BCUT2D eigenvalue weighted by atomic mass is 9.91. The molecular weight excluding hydrogens is 226 g/mol. The minimum absolute atomic E-state index is 0.376. The molecule has 1 aromatic rings. The van der Waals surface area contributed by atoms with E-state index in [1.54, 1.807) is 0 Å². The smallest absolute Gasteiger partial charge is 0.161 e. The average Bonchev–Trinajstić information content (AvgIpc) is 2.40. The summed E-state index contributed by atoms with van der Waals surface area (Å²) in [6, 6.07) is 6.65. The van der Waals surface area contributed by atoms with Crippen LogP contribution in [0.2, 0.25) is 0 Å². The summed E-state index contributed by atoms with van der Waals surface area (Å²) < 4.78 is 11.2. The molecule has 3 nitrogen and oxygen atoms in total. The fraction of sp³-hybridized carbons (Fsp3) is 0.600. The molecule has 0 saturated heterocycles. The van der Waals surface area contributed by atoms with Crippen LogP contribution in [0.5, 0.6) is 11.5 Å². The molecule has 2 unspecified atom stereocenters. The molecule has 0 radical (unpaired) electrons. The van der Waals surface area contributed by atoms with Gasteiger partial charge in [0, 0.05) is 6.04 Å². The highest BCUT2D eigenvalue weighted by atomic mass is 16.6. The number of ether oxygens (including phenoxy) is 2. The number of benzene rings is 1. The first-order valence-corrected chi connectivity index (χ1v) is 6.83. The largest absolute Gasteiger partial charge is 0.486 e. The van der Waals surface area contributed by atoms with E-state index in [0.717, 1.165) is 11.5 Å². The zero-order valence-electron chi connectivity index (χ0n) is 11.5. The monoisotopic (exact) mass is 249 g/mol. The van der Waals surface area contributed by atoms with Crippen LogP contribution in [0.3, 0.4) is 0 Å². The minimum atomic E-state index is 0.376. The van der Waals surface area contributed by atoms with E-state index >= 15 is 0 Å². The molecule has 1 heterocycles. The van der Waals surface area contributed by atoms with Crippen molar-refractivity contribution in [3.8, 4) is 11.5 Å². The SMILES string of the molecule is CCCC(C)C(NC)c1ccc2c(c1)OCCO2. The Bertz CT molecular complexity index is 392. The Balaban J connectivity index is 2.20. The Labute approximate surface area is 109 Å². The zero-order chi connectivity index (χ0) is 13.0. The standard InChI is InChI=1S/C15H23NO2/c1-4-5-11(2)15(16-3)12-6-7-13-14(10-12)18-9-8-17-13/h6-7,10-11,15-16H,4-5,8-9H2,1-3H3. The summed E-state index contributed by atoms with van der Waals surface area (Å²) in [5, 5.41) is 3.41. The van der Waals surface area contributed by atoms with Crippen molar-refractivity contribution >= 4 is 0 Å². The van der Waals surface area contributed by atoms with E-state index in [0.29, 0.717) is 25.2 Å². The molecule has 1 aliphatic heterocycles. The molecule has 2 rings (SSSR count). The number of fused-ring (bicyclic) bond motifs is 1. The van der Waals surface area contributed by atoms with E-state index in [4.69, 9.17) is 9.47 Å². The zero-order valence-corrected chi connectivity index (χ0v) is 11.5. The maximum atomic E-state index is 5.65. The third kappa shape index (κ3) is 2.78. The Morgan fingerprint density at radius 3 is 2.61 bits per heavy atom. The fourth-order valence-electron chi connectivity index (χ4n) is 2.66. The highest BCUT2D eigenvalue weighted by Crippen LogP contribution is 2.35. The molecule has 1 aliphatic rings. The van der Waals surface area contributed by atoms with Crippen molar-refractivity contribution < 1.29 is 9.47 Å². The van der Waals surface area contributed by atoms with Crippen molar-refractivity contribution in [2.75, 3.05) is 20.3 Å². The van der Waals surface area contributed by atoms with Gasteiger partial charge < -0.3 is 14.8 Å². The normalized spacial score (nSPS) is 17.3. The van der Waals surface area contributed by atoms with Crippen molar-refractivity contribution in [3.05, 3.63) is 23.8 Å². The number of nitrogens with one attached hydrogen (secondary N) is 1. The van der Waals surface area contributed by atoms with Crippen molar-refractivity contribution in [3.63, 3.8) is 0 Å². The van der Waals surface area contributed by atoms with Crippen LogP contribution in [0, 0.1) is 5.92 Å². The van der Waals surface area contributed by atoms with Gasteiger partial charge in [-0.1, -0.05) is 26.3 Å². The van der Waals surface area contributed by atoms with Gasteiger partial charge in [0.05, 0.1) is 0 Å². The van der Waals surface area contributed by atoms with Crippen LogP contribution in [0.15, 0.2) is 18.2 Å². The molecule has 0 bridgehead atoms. The summed E-state index contributed by atoms with van der Waals surface area (Å²) in [4.78, 5) is 0. The summed E-state index contributed by atoms with van der Waals surface area (Å²) in [5.41, 5.74) is 1.28. The van der Waals surface area contributed by atoms with Crippen LogP contribution in [0.1, 0.15) is 38.3 Å². The van der Waals surface area contributed by atoms with Crippen LogP contribution < -0.4 is 14.8 Å². The lowest BCUT2D eigenvalue weighted by Crippen LogP contribution is -2.24. The maximum Gasteiger partial charge on any atom is 0.161 e. The molecule has 18 heavy (non-hydrogen) atoms. The summed E-state index contributed by atoms with van der Waals surface area (Å²) in [6.07, 6.45) is 2.43. The van der Waals surface area contributed by atoms with E-state index in [1.165, 1.54) is 18.4 Å². The second-order valence-electron chi connectivity index (χ2n) is 4.94. The lowest BCUT2D eigenvalue weighted by Gasteiger charge is -2.26. The Hall–Kier alpha value is -1.22. The van der Waals surface area contributed by atoms with Crippen LogP contribution in [0.25, 0.3) is 0 Å².